The highest BCUT2D eigenvalue weighted by Crippen LogP contribution is 2.36. The van der Waals surface area contributed by atoms with Crippen LogP contribution in [0.25, 0.3) is 29.0 Å². The molecule has 216 valence electrons. The van der Waals surface area contributed by atoms with Crippen LogP contribution in [0.3, 0.4) is 0 Å². The molecule has 5 aromatic carbocycles. The van der Waals surface area contributed by atoms with Crippen LogP contribution in [0.1, 0.15) is 39.2 Å². The fraction of sp³-hybridized carbons (Fsp3) is 0.0732. The summed E-state index contributed by atoms with van der Waals surface area (Å²) in [6.07, 6.45) is 4.52. The van der Waals surface area contributed by atoms with Crippen LogP contribution in [0.5, 0.6) is 11.5 Å². The second-order valence-corrected chi connectivity index (χ2v) is 10.7. The van der Waals surface area contributed by atoms with E-state index >= 15 is 0 Å². The van der Waals surface area contributed by atoms with Crippen LogP contribution in [-0.2, 0) is 0 Å². The van der Waals surface area contributed by atoms with Gasteiger partial charge in [0, 0.05) is 16.8 Å². The summed E-state index contributed by atoms with van der Waals surface area (Å²) in [7, 11) is 3.39. The van der Waals surface area contributed by atoms with Crippen molar-refractivity contribution in [2.45, 2.75) is 6.92 Å². The summed E-state index contributed by atoms with van der Waals surface area (Å²) in [5, 5.41) is 0. The van der Waals surface area contributed by atoms with Crippen molar-refractivity contribution in [2.24, 2.45) is 0 Å². The van der Waals surface area contributed by atoms with Crippen molar-refractivity contribution in [3.63, 3.8) is 0 Å². The quantitative estimate of drug-likeness (QED) is 0.161. The van der Waals surface area contributed by atoms with Gasteiger partial charge in [0.2, 0.25) is 0 Å². The molecule has 3 nitrogen and oxygen atoms in total. The first-order chi connectivity index (χ1) is 21.6. The number of nitrogens with zero attached hydrogens (tertiary/aromatic N) is 1. The van der Waals surface area contributed by atoms with Crippen LogP contribution >= 0.6 is 0 Å². The molecule has 6 aromatic rings. The Balaban J connectivity index is 1.61. The number of rotatable bonds is 9. The molecule has 0 atom stereocenters. The largest absolute Gasteiger partial charge is 0.497 e. The molecule has 1 aromatic heterocycles. The van der Waals surface area contributed by atoms with E-state index in [1.807, 2.05) is 24.3 Å². The third kappa shape index (κ3) is 6.28. The van der Waals surface area contributed by atoms with Crippen molar-refractivity contribution in [3.05, 3.63) is 185 Å². The molecule has 0 bridgehead atoms. The van der Waals surface area contributed by atoms with E-state index in [2.05, 4.69) is 145 Å². The number of hydrogen-bond acceptors (Lipinski definition) is 2. The average Bonchev–Trinajstić information content (AvgIpc) is 3.52. The first-order valence-electron chi connectivity index (χ1n) is 14.7. The highest BCUT2D eigenvalue weighted by molar-refractivity contribution is 5.95. The minimum Gasteiger partial charge on any atom is -0.497 e. The summed E-state index contributed by atoms with van der Waals surface area (Å²) in [5.41, 5.74) is 11.2. The molecule has 3 heteroatoms. The predicted molar refractivity (Wildman–Crippen MR) is 183 cm³/mol. The molecule has 1 heterocycles. The maximum Gasteiger partial charge on any atom is 0.118 e. The van der Waals surface area contributed by atoms with Crippen molar-refractivity contribution < 1.29 is 9.47 Å². The smallest absolute Gasteiger partial charge is 0.118 e. The fourth-order valence-electron chi connectivity index (χ4n) is 5.41. The molecule has 0 radical (unpaired) electrons. The Morgan fingerprint density at radius 1 is 0.477 bits per heavy atom. The monoisotopic (exact) mass is 573 g/mol. The molecule has 0 amide bonds. The molecule has 44 heavy (non-hydrogen) atoms. The van der Waals surface area contributed by atoms with E-state index in [0.717, 1.165) is 62.0 Å². The van der Waals surface area contributed by atoms with Crippen LogP contribution in [0.2, 0.25) is 0 Å². The van der Waals surface area contributed by atoms with Gasteiger partial charge >= 0.3 is 0 Å². The van der Waals surface area contributed by atoms with E-state index in [9.17, 15) is 0 Å². The Bertz CT molecular complexity index is 1760. The first-order valence-corrected chi connectivity index (χ1v) is 14.7. The zero-order valence-corrected chi connectivity index (χ0v) is 25.3. The molecule has 6 rings (SSSR count). The van der Waals surface area contributed by atoms with Crippen molar-refractivity contribution in [1.82, 2.24) is 4.57 Å². The lowest BCUT2D eigenvalue weighted by Gasteiger charge is -2.19. The van der Waals surface area contributed by atoms with Gasteiger partial charge in [0.25, 0.3) is 0 Å². The zero-order valence-electron chi connectivity index (χ0n) is 25.3. The van der Waals surface area contributed by atoms with Crippen molar-refractivity contribution in [2.75, 3.05) is 14.2 Å². The van der Waals surface area contributed by atoms with Gasteiger partial charge in [-0.1, -0.05) is 103 Å². The van der Waals surface area contributed by atoms with E-state index in [-0.39, 0.29) is 0 Å². The molecule has 0 aliphatic heterocycles. The molecule has 0 spiro atoms. The first kappa shape index (κ1) is 28.6. The fourth-order valence-corrected chi connectivity index (χ4v) is 5.41. The summed E-state index contributed by atoms with van der Waals surface area (Å²) < 4.78 is 13.2. The summed E-state index contributed by atoms with van der Waals surface area (Å²) >= 11 is 0. The van der Waals surface area contributed by atoms with Crippen molar-refractivity contribution >= 4 is 23.3 Å². The molecular formula is C41H35NO2. The van der Waals surface area contributed by atoms with Gasteiger partial charge < -0.3 is 14.0 Å². The Kier molecular flexibility index (Phi) is 8.56. The third-order valence-corrected chi connectivity index (χ3v) is 7.75. The second-order valence-electron chi connectivity index (χ2n) is 10.7. The molecule has 0 aliphatic rings. The molecule has 0 fully saturated rings. The number of aryl methyl sites for hydroxylation is 1. The summed E-state index contributed by atoms with van der Waals surface area (Å²) in [4.78, 5) is 0. The number of benzene rings is 5. The van der Waals surface area contributed by atoms with E-state index in [4.69, 9.17) is 9.47 Å². The highest BCUT2D eigenvalue weighted by Gasteiger charge is 2.19. The van der Waals surface area contributed by atoms with Crippen LogP contribution in [0.15, 0.2) is 146 Å². The van der Waals surface area contributed by atoms with E-state index in [0.29, 0.717) is 0 Å². The number of methoxy groups -OCH3 is 2. The Morgan fingerprint density at radius 2 is 0.886 bits per heavy atom. The minimum absolute atomic E-state index is 0.838. The predicted octanol–water partition coefficient (Wildman–Crippen LogP) is 9.98. The van der Waals surface area contributed by atoms with E-state index < -0.39 is 0 Å². The number of ether oxygens (including phenoxy) is 2. The summed E-state index contributed by atoms with van der Waals surface area (Å²) in [5.74, 6) is 1.68. The number of aromatic nitrogens is 1. The highest BCUT2D eigenvalue weighted by atomic mass is 16.5. The maximum absolute atomic E-state index is 5.43. The molecule has 0 saturated carbocycles. The maximum atomic E-state index is 5.43. The Morgan fingerprint density at radius 3 is 1.27 bits per heavy atom. The summed E-state index contributed by atoms with van der Waals surface area (Å²) in [6, 6.07) is 50.8. The third-order valence-electron chi connectivity index (χ3n) is 7.75. The average molecular weight is 574 g/mol. The number of hydrogen-bond donors (Lipinski definition) is 0. The van der Waals surface area contributed by atoms with Gasteiger partial charge in [0.05, 0.1) is 25.6 Å². The SMILES string of the molecule is COc1ccc(C=C(c2ccccc2)c2ccc(C(=Cc3ccc(OC)cc3)c3ccccc3)n2-c2ccc(C)cc2)cc1. The van der Waals surface area contributed by atoms with Gasteiger partial charge in [0.15, 0.2) is 0 Å². The molecule has 0 saturated heterocycles. The summed E-state index contributed by atoms with van der Waals surface area (Å²) in [6.45, 7) is 2.12. The lowest BCUT2D eigenvalue weighted by Crippen LogP contribution is -2.06. The van der Waals surface area contributed by atoms with Crippen LogP contribution < -0.4 is 9.47 Å². The molecular weight excluding hydrogens is 538 g/mol. The topological polar surface area (TPSA) is 23.4 Å². The van der Waals surface area contributed by atoms with Gasteiger partial charge in [0.1, 0.15) is 11.5 Å². The minimum atomic E-state index is 0.838. The lowest BCUT2D eigenvalue weighted by molar-refractivity contribution is 0.414. The van der Waals surface area contributed by atoms with Gasteiger partial charge in [-0.15, -0.1) is 0 Å². The molecule has 0 aliphatic carbocycles. The van der Waals surface area contributed by atoms with Crippen LogP contribution in [0, 0.1) is 6.92 Å². The van der Waals surface area contributed by atoms with E-state index in [1.54, 1.807) is 14.2 Å². The molecule has 0 unspecified atom stereocenters. The normalized spacial score (nSPS) is 11.8. The van der Waals surface area contributed by atoms with Crippen LogP contribution in [0.4, 0.5) is 0 Å². The Hall–Kier alpha value is -5.54. The van der Waals surface area contributed by atoms with Crippen LogP contribution in [-0.4, -0.2) is 18.8 Å². The molecule has 0 N–H and O–H groups in total. The Labute approximate surface area is 260 Å². The standard InChI is InChI=1S/C41H35NO2/c1-30-14-20-35(21-15-30)42-40(38(33-10-6-4-7-11-33)28-31-16-22-36(43-2)23-17-31)26-27-41(42)39(34-12-8-5-9-13-34)29-32-18-24-37(44-3)25-19-32/h4-29H,1-3H3. The van der Waals surface area contributed by atoms with Gasteiger partial charge in [-0.2, -0.15) is 0 Å². The van der Waals surface area contributed by atoms with Gasteiger partial charge in [-0.25, -0.2) is 0 Å². The van der Waals surface area contributed by atoms with Gasteiger partial charge in [-0.05, 0) is 89.9 Å². The zero-order chi connectivity index (χ0) is 30.3. The lowest BCUT2D eigenvalue weighted by atomic mass is 9.99. The van der Waals surface area contributed by atoms with Gasteiger partial charge in [-0.3, -0.25) is 0 Å². The van der Waals surface area contributed by atoms with Crippen molar-refractivity contribution in [1.29, 1.82) is 0 Å². The second kappa shape index (κ2) is 13.2. The van der Waals surface area contributed by atoms with E-state index in [1.165, 1.54) is 5.56 Å². The van der Waals surface area contributed by atoms with Crippen molar-refractivity contribution in [3.8, 4) is 17.2 Å².